The van der Waals surface area contributed by atoms with Gasteiger partial charge in [-0.05, 0) is 36.8 Å². The first-order chi connectivity index (χ1) is 9.31. The maximum absolute atomic E-state index is 9.84. The lowest BCUT2D eigenvalue weighted by atomic mass is 9.65. The molecule has 0 spiro atoms. The second kappa shape index (κ2) is 5.18. The van der Waals surface area contributed by atoms with Crippen molar-refractivity contribution in [1.29, 1.82) is 0 Å². The molecule has 1 saturated carbocycles. The minimum Gasteiger partial charge on any atom is -0.393 e. The summed E-state index contributed by atoms with van der Waals surface area (Å²) in [5.41, 5.74) is 2.85. The third-order valence-corrected chi connectivity index (χ3v) is 4.46. The zero-order chi connectivity index (χ0) is 13.1. The van der Waals surface area contributed by atoms with Gasteiger partial charge in [0.2, 0.25) is 0 Å². The van der Waals surface area contributed by atoms with Crippen LogP contribution >= 0.6 is 0 Å². The first kappa shape index (κ1) is 12.4. The van der Waals surface area contributed by atoms with Crippen LogP contribution in [0.3, 0.4) is 0 Å². The van der Waals surface area contributed by atoms with E-state index in [9.17, 15) is 5.11 Å². The van der Waals surface area contributed by atoms with Crippen LogP contribution in [-0.4, -0.2) is 11.2 Å². The molecule has 1 nitrogen and oxygen atoms in total. The molecular weight excluding hydrogens is 232 g/mol. The quantitative estimate of drug-likeness (QED) is 0.859. The van der Waals surface area contributed by atoms with E-state index in [1.165, 1.54) is 11.1 Å². The van der Waals surface area contributed by atoms with Crippen molar-refractivity contribution in [3.8, 4) is 0 Å². The first-order valence-electron chi connectivity index (χ1n) is 7.10. The molecule has 1 fully saturated rings. The molecule has 1 N–H and O–H groups in total. The van der Waals surface area contributed by atoms with Gasteiger partial charge >= 0.3 is 0 Å². The lowest BCUT2D eigenvalue weighted by Crippen LogP contribution is -2.34. The van der Waals surface area contributed by atoms with Gasteiger partial charge in [-0.1, -0.05) is 60.7 Å². The predicted octanol–water partition coefficient (Wildman–Crippen LogP) is 3.91. The fraction of sp³-hybridized carbons (Fsp3) is 0.333. The molecule has 19 heavy (non-hydrogen) atoms. The van der Waals surface area contributed by atoms with Gasteiger partial charge in [0.05, 0.1) is 6.10 Å². The normalized spacial score (nSPS) is 19.2. The second-order valence-electron chi connectivity index (χ2n) is 5.55. The van der Waals surface area contributed by atoms with Crippen molar-refractivity contribution in [1.82, 2.24) is 0 Å². The van der Waals surface area contributed by atoms with Gasteiger partial charge in [0, 0.05) is 5.41 Å². The Bertz CT molecular complexity index is 468. The molecule has 1 aliphatic carbocycles. The summed E-state index contributed by atoms with van der Waals surface area (Å²) in [5.74, 6) is 0. The van der Waals surface area contributed by atoms with Gasteiger partial charge in [-0.25, -0.2) is 0 Å². The molecule has 1 aliphatic rings. The number of hydrogen-bond donors (Lipinski definition) is 1. The predicted molar refractivity (Wildman–Crippen MR) is 78.1 cm³/mol. The number of aliphatic hydroxyl groups is 1. The molecule has 0 aromatic heterocycles. The van der Waals surface area contributed by atoms with E-state index in [1.54, 1.807) is 0 Å². The molecule has 0 aliphatic heterocycles. The fourth-order valence-electron chi connectivity index (χ4n) is 3.35. The van der Waals surface area contributed by atoms with Crippen LogP contribution in [0.15, 0.2) is 60.7 Å². The van der Waals surface area contributed by atoms with Crippen molar-refractivity contribution in [3.63, 3.8) is 0 Å². The standard InChI is InChI=1S/C18H20O/c19-17-11-13-18(14-12-17,15-7-3-1-4-8-15)16-9-5-2-6-10-16/h1-10,17,19H,11-14H2. The van der Waals surface area contributed by atoms with Crippen LogP contribution in [0.25, 0.3) is 0 Å². The summed E-state index contributed by atoms with van der Waals surface area (Å²) in [5, 5.41) is 9.84. The number of aliphatic hydroxyl groups excluding tert-OH is 1. The molecule has 2 aromatic carbocycles. The monoisotopic (exact) mass is 252 g/mol. The molecule has 0 atom stereocenters. The van der Waals surface area contributed by atoms with Crippen LogP contribution in [0, 0.1) is 0 Å². The van der Waals surface area contributed by atoms with Crippen LogP contribution in [0.1, 0.15) is 36.8 Å². The highest BCUT2D eigenvalue weighted by atomic mass is 16.3. The van der Waals surface area contributed by atoms with Crippen LogP contribution in [0.5, 0.6) is 0 Å². The Morgan fingerprint density at radius 3 is 1.58 bits per heavy atom. The first-order valence-corrected chi connectivity index (χ1v) is 7.10. The molecule has 0 unspecified atom stereocenters. The topological polar surface area (TPSA) is 20.2 Å². The van der Waals surface area contributed by atoms with E-state index in [1.807, 2.05) is 0 Å². The van der Waals surface area contributed by atoms with Gasteiger partial charge in [-0.2, -0.15) is 0 Å². The number of benzene rings is 2. The molecular formula is C18H20O. The number of rotatable bonds is 2. The summed E-state index contributed by atoms with van der Waals surface area (Å²) in [7, 11) is 0. The summed E-state index contributed by atoms with van der Waals surface area (Å²) in [6, 6.07) is 21.5. The smallest absolute Gasteiger partial charge is 0.0541 e. The van der Waals surface area contributed by atoms with Gasteiger partial charge in [-0.3, -0.25) is 0 Å². The Morgan fingerprint density at radius 1 is 0.737 bits per heavy atom. The van der Waals surface area contributed by atoms with E-state index in [4.69, 9.17) is 0 Å². The lowest BCUT2D eigenvalue weighted by Gasteiger charge is -2.40. The van der Waals surface area contributed by atoms with Crippen LogP contribution in [0.4, 0.5) is 0 Å². The van der Waals surface area contributed by atoms with Crippen molar-refractivity contribution in [3.05, 3.63) is 71.8 Å². The van der Waals surface area contributed by atoms with Crippen molar-refractivity contribution in [2.24, 2.45) is 0 Å². The van der Waals surface area contributed by atoms with E-state index in [0.29, 0.717) is 0 Å². The fourth-order valence-corrected chi connectivity index (χ4v) is 3.35. The SMILES string of the molecule is OC1CCC(c2ccccc2)(c2ccccc2)CC1. The van der Waals surface area contributed by atoms with Crippen molar-refractivity contribution >= 4 is 0 Å². The van der Waals surface area contributed by atoms with Crippen LogP contribution in [0.2, 0.25) is 0 Å². The van der Waals surface area contributed by atoms with Gasteiger partial charge in [0.15, 0.2) is 0 Å². The van der Waals surface area contributed by atoms with E-state index < -0.39 is 0 Å². The van der Waals surface area contributed by atoms with Crippen molar-refractivity contribution in [2.45, 2.75) is 37.2 Å². The molecule has 0 heterocycles. The summed E-state index contributed by atoms with van der Waals surface area (Å²) < 4.78 is 0. The largest absolute Gasteiger partial charge is 0.393 e. The highest BCUT2D eigenvalue weighted by Gasteiger charge is 2.37. The molecule has 1 heteroatoms. The van der Waals surface area contributed by atoms with E-state index in [0.717, 1.165) is 25.7 Å². The molecule has 3 rings (SSSR count). The third-order valence-electron chi connectivity index (χ3n) is 4.46. The highest BCUT2D eigenvalue weighted by Crippen LogP contribution is 2.44. The molecule has 98 valence electrons. The average molecular weight is 252 g/mol. The Hall–Kier alpha value is -1.60. The summed E-state index contributed by atoms with van der Waals surface area (Å²) >= 11 is 0. The zero-order valence-corrected chi connectivity index (χ0v) is 11.1. The van der Waals surface area contributed by atoms with Gasteiger partial charge in [0.25, 0.3) is 0 Å². The van der Waals surface area contributed by atoms with Gasteiger partial charge < -0.3 is 5.11 Å². The minimum atomic E-state index is -0.124. The summed E-state index contributed by atoms with van der Waals surface area (Å²) in [6.45, 7) is 0. The Labute approximate surface area is 114 Å². The zero-order valence-electron chi connectivity index (χ0n) is 11.1. The Kier molecular flexibility index (Phi) is 3.39. The highest BCUT2D eigenvalue weighted by molar-refractivity contribution is 5.39. The lowest BCUT2D eigenvalue weighted by molar-refractivity contribution is 0.106. The summed E-state index contributed by atoms with van der Waals surface area (Å²) in [4.78, 5) is 0. The van der Waals surface area contributed by atoms with Crippen LogP contribution < -0.4 is 0 Å². The minimum absolute atomic E-state index is 0.0851. The molecule has 2 aromatic rings. The van der Waals surface area contributed by atoms with Gasteiger partial charge in [0.1, 0.15) is 0 Å². The summed E-state index contributed by atoms with van der Waals surface area (Å²) in [6.07, 6.45) is 3.72. The Morgan fingerprint density at radius 2 is 1.16 bits per heavy atom. The number of hydrogen-bond acceptors (Lipinski definition) is 1. The van der Waals surface area contributed by atoms with E-state index >= 15 is 0 Å². The van der Waals surface area contributed by atoms with E-state index in [-0.39, 0.29) is 11.5 Å². The molecule has 0 saturated heterocycles. The average Bonchev–Trinajstić information content (AvgIpc) is 2.50. The van der Waals surface area contributed by atoms with Crippen molar-refractivity contribution in [2.75, 3.05) is 0 Å². The Balaban J connectivity index is 2.06. The maximum Gasteiger partial charge on any atom is 0.0541 e. The van der Waals surface area contributed by atoms with Crippen LogP contribution in [-0.2, 0) is 5.41 Å². The van der Waals surface area contributed by atoms with E-state index in [2.05, 4.69) is 60.7 Å². The van der Waals surface area contributed by atoms with Gasteiger partial charge in [-0.15, -0.1) is 0 Å². The van der Waals surface area contributed by atoms with Crippen molar-refractivity contribution < 1.29 is 5.11 Å². The molecule has 0 bridgehead atoms. The maximum atomic E-state index is 9.84. The second-order valence-corrected chi connectivity index (χ2v) is 5.55. The third kappa shape index (κ3) is 2.31. The molecule has 0 amide bonds. The molecule has 0 radical (unpaired) electrons.